The van der Waals surface area contributed by atoms with Crippen LogP contribution in [0, 0.1) is 0 Å². The van der Waals surface area contributed by atoms with E-state index < -0.39 is 17.8 Å². The van der Waals surface area contributed by atoms with Crippen LogP contribution in [0.3, 0.4) is 0 Å². The first kappa shape index (κ1) is 21.7. The molecule has 0 aliphatic heterocycles. The minimum Gasteiger partial charge on any atom is -0.434 e. The average Bonchev–Trinajstić information content (AvgIpc) is 2.65. The van der Waals surface area contributed by atoms with Crippen molar-refractivity contribution < 1.29 is 13.5 Å². The Labute approximate surface area is 176 Å². The molecule has 0 aliphatic rings. The molecule has 0 radical (unpaired) electrons. The molecule has 2 aromatic heterocycles. The standard InChI is InChI=1S/C17H13Cl2F2N5O4/c1-7(2)9-5-12(23-24-15(9)28)30-14-10(18)3-8(4-11(14)19)25-13(27)6-22-26(16(20)21)17(25)29/h3-7,16H,1-2H3,(H,24,28). The topological polar surface area (TPSA) is 112 Å². The van der Waals surface area contributed by atoms with Gasteiger partial charge in [0.1, 0.15) is 6.20 Å². The van der Waals surface area contributed by atoms with Crippen molar-refractivity contribution in [1.29, 1.82) is 0 Å². The van der Waals surface area contributed by atoms with Crippen molar-refractivity contribution in [2.45, 2.75) is 26.3 Å². The number of benzene rings is 1. The number of H-pyrrole nitrogens is 1. The molecule has 30 heavy (non-hydrogen) atoms. The minimum atomic E-state index is -3.25. The number of aromatic nitrogens is 5. The van der Waals surface area contributed by atoms with Crippen LogP contribution in [-0.4, -0.2) is 24.5 Å². The van der Waals surface area contributed by atoms with Crippen LogP contribution in [0.1, 0.15) is 31.9 Å². The van der Waals surface area contributed by atoms with E-state index in [1.807, 2.05) is 13.8 Å². The molecule has 1 aromatic carbocycles. The van der Waals surface area contributed by atoms with Crippen molar-refractivity contribution in [3.05, 3.63) is 71.2 Å². The number of ether oxygens (including phenoxy) is 1. The largest absolute Gasteiger partial charge is 0.434 e. The van der Waals surface area contributed by atoms with E-state index in [9.17, 15) is 23.2 Å². The third-order valence-electron chi connectivity index (χ3n) is 3.96. The number of aromatic amines is 1. The van der Waals surface area contributed by atoms with Crippen molar-refractivity contribution in [3.8, 4) is 17.3 Å². The van der Waals surface area contributed by atoms with Crippen LogP contribution in [0.25, 0.3) is 5.69 Å². The number of hydrogen-bond acceptors (Lipinski definition) is 6. The SMILES string of the molecule is CC(C)c1cc(Oc2c(Cl)cc(-n3c(=O)cnn(C(F)F)c3=O)cc2Cl)n[nH]c1=O. The van der Waals surface area contributed by atoms with E-state index in [0.717, 1.165) is 12.1 Å². The third kappa shape index (κ3) is 4.12. The molecule has 0 fully saturated rings. The van der Waals surface area contributed by atoms with E-state index in [4.69, 9.17) is 27.9 Å². The lowest BCUT2D eigenvalue weighted by Gasteiger charge is -2.13. The van der Waals surface area contributed by atoms with Crippen LogP contribution in [0.15, 0.2) is 38.8 Å². The highest BCUT2D eigenvalue weighted by molar-refractivity contribution is 6.37. The molecule has 0 amide bonds. The summed E-state index contributed by atoms with van der Waals surface area (Å²) in [7, 11) is 0. The normalized spacial score (nSPS) is 11.3. The molecule has 0 saturated carbocycles. The summed E-state index contributed by atoms with van der Waals surface area (Å²) in [6.45, 7) is 0.364. The zero-order valence-electron chi connectivity index (χ0n) is 15.4. The van der Waals surface area contributed by atoms with Crippen molar-refractivity contribution in [3.63, 3.8) is 0 Å². The van der Waals surface area contributed by atoms with Crippen LogP contribution in [0.5, 0.6) is 11.6 Å². The molecular formula is C17H13Cl2F2N5O4. The lowest BCUT2D eigenvalue weighted by atomic mass is 10.1. The number of halogens is 4. The Morgan fingerprint density at radius 1 is 1.10 bits per heavy atom. The van der Waals surface area contributed by atoms with E-state index in [-0.39, 0.29) is 43.5 Å². The molecule has 2 heterocycles. The monoisotopic (exact) mass is 459 g/mol. The summed E-state index contributed by atoms with van der Waals surface area (Å²) in [6, 6.07) is 3.69. The predicted octanol–water partition coefficient (Wildman–Crippen LogP) is 3.10. The smallest absolute Gasteiger partial charge is 0.356 e. The van der Waals surface area contributed by atoms with Gasteiger partial charge in [0.25, 0.3) is 11.1 Å². The van der Waals surface area contributed by atoms with Gasteiger partial charge in [-0.1, -0.05) is 37.0 Å². The van der Waals surface area contributed by atoms with Gasteiger partial charge in [-0.05, 0) is 18.1 Å². The number of alkyl halides is 2. The Hall–Kier alpha value is -3.05. The van der Waals surface area contributed by atoms with Gasteiger partial charge in [0.2, 0.25) is 5.88 Å². The van der Waals surface area contributed by atoms with Crippen molar-refractivity contribution in [2.24, 2.45) is 0 Å². The number of nitrogens with zero attached hydrogens (tertiary/aromatic N) is 4. The maximum Gasteiger partial charge on any atom is 0.356 e. The van der Waals surface area contributed by atoms with Gasteiger partial charge in [0.05, 0.1) is 15.7 Å². The summed E-state index contributed by atoms with van der Waals surface area (Å²) in [6.07, 6.45) is 0.567. The molecule has 1 N–H and O–H groups in total. The Morgan fingerprint density at radius 3 is 2.30 bits per heavy atom. The van der Waals surface area contributed by atoms with E-state index in [0.29, 0.717) is 16.3 Å². The Morgan fingerprint density at radius 2 is 1.73 bits per heavy atom. The minimum absolute atomic E-state index is 0.00372. The van der Waals surface area contributed by atoms with Gasteiger partial charge < -0.3 is 4.74 Å². The van der Waals surface area contributed by atoms with E-state index >= 15 is 0 Å². The molecule has 0 aliphatic carbocycles. The lowest BCUT2D eigenvalue weighted by molar-refractivity contribution is 0.0480. The van der Waals surface area contributed by atoms with Crippen LogP contribution in [0.4, 0.5) is 8.78 Å². The molecule has 3 aromatic rings. The van der Waals surface area contributed by atoms with Gasteiger partial charge in [-0.2, -0.15) is 18.6 Å². The van der Waals surface area contributed by atoms with Gasteiger partial charge in [-0.15, -0.1) is 5.10 Å². The number of rotatable bonds is 5. The summed E-state index contributed by atoms with van der Waals surface area (Å²) in [5, 5.41) is 8.89. The van der Waals surface area contributed by atoms with Gasteiger partial charge >= 0.3 is 12.2 Å². The zero-order chi connectivity index (χ0) is 22.2. The maximum atomic E-state index is 12.9. The highest BCUT2D eigenvalue weighted by Crippen LogP contribution is 2.37. The summed E-state index contributed by atoms with van der Waals surface area (Å²) < 4.78 is 31.7. The molecule has 0 spiro atoms. The first-order valence-electron chi connectivity index (χ1n) is 8.36. The first-order valence-corrected chi connectivity index (χ1v) is 9.11. The Balaban J connectivity index is 2.07. The molecule has 0 unspecified atom stereocenters. The molecule has 3 rings (SSSR count). The van der Waals surface area contributed by atoms with E-state index in [2.05, 4.69) is 15.3 Å². The van der Waals surface area contributed by atoms with Gasteiger partial charge in [0.15, 0.2) is 5.75 Å². The Bertz CT molecular complexity index is 1260. The summed E-state index contributed by atoms with van der Waals surface area (Å²) >= 11 is 12.4. The number of nitrogens with one attached hydrogen (secondary N) is 1. The highest BCUT2D eigenvalue weighted by Gasteiger charge is 2.19. The average molecular weight is 460 g/mol. The van der Waals surface area contributed by atoms with Crippen LogP contribution < -0.4 is 21.5 Å². The summed E-state index contributed by atoms with van der Waals surface area (Å²) in [5.74, 6) is -0.188. The number of hydrogen-bond donors (Lipinski definition) is 1. The molecule has 0 atom stereocenters. The van der Waals surface area contributed by atoms with Gasteiger partial charge in [-0.25, -0.2) is 14.5 Å². The summed E-state index contributed by atoms with van der Waals surface area (Å²) in [5.41, 5.74) is -2.46. The quantitative estimate of drug-likeness (QED) is 0.627. The molecule has 9 nitrogen and oxygen atoms in total. The molecule has 158 valence electrons. The van der Waals surface area contributed by atoms with Crippen LogP contribution >= 0.6 is 23.2 Å². The highest BCUT2D eigenvalue weighted by atomic mass is 35.5. The van der Waals surface area contributed by atoms with Crippen molar-refractivity contribution >= 4 is 23.2 Å². The van der Waals surface area contributed by atoms with Crippen LogP contribution in [0.2, 0.25) is 10.0 Å². The molecular weight excluding hydrogens is 447 g/mol. The fraction of sp³-hybridized carbons (Fsp3) is 0.235. The molecule has 13 heteroatoms. The second-order valence-corrected chi connectivity index (χ2v) is 7.12. The third-order valence-corrected chi connectivity index (χ3v) is 4.53. The molecule has 0 saturated heterocycles. The Kier molecular flexibility index (Phi) is 6.04. The fourth-order valence-corrected chi connectivity index (χ4v) is 3.10. The maximum absolute atomic E-state index is 12.9. The fourth-order valence-electron chi connectivity index (χ4n) is 2.55. The first-order chi connectivity index (χ1) is 14.1. The zero-order valence-corrected chi connectivity index (χ0v) is 16.9. The van der Waals surface area contributed by atoms with E-state index in [1.165, 1.54) is 6.07 Å². The predicted molar refractivity (Wildman–Crippen MR) is 104 cm³/mol. The molecule has 0 bridgehead atoms. The second kappa shape index (κ2) is 8.36. The van der Waals surface area contributed by atoms with Crippen molar-refractivity contribution in [1.82, 2.24) is 24.5 Å². The van der Waals surface area contributed by atoms with Crippen molar-refractivity contribution in [2.75, 3.05) is 0 Å². The van der Waals surface area contributed by atoms with E-state index in [1.54, 1.807) is 0 Å². The second-order valence-electron chi connectivity index (χ2n) is 6.31. The van der Waals surface area contributed by atoms with Crippen LogP contribution in [-0.2, 0) is 0 Å². The lowest BCUT2D eigenvalue weighted by Crippen LogP contribution is -2.40. The van der Waals surface area contributed by atoms with Gasteiger partial charge in [-0.3, -0.25) is 9.59 Å². The van der Waals surface area contributed by atoms with Gasteiger partial charge in [0, 0.05) is 11.6 Å². The summed E-state index contributed by atoms with van der Waals surface area (Å²) in [4.78, 5) is 36.0.